The molecule has 1 aromatic carbocycles. The molecule has 3 aliphatic rings. The number of unbranched alkanes of at least 4 members (excludes halogenated alkanes) is 1. The number of rotatable bonds is 10. The quantitative estimate of drug-likeness (QED) is 0.392. The monoisotopic (exact) mass is 525 g/mol. The lowest BCUT2D eigenvalue weighted by molar-refractivity contribution is -0.150. The second-order valence-electron chi connectivity index (χ2n) is 11.3. The second kappa shape index (κ2) is 11.6. The van der Waals surface area contributed by atoms with Crippen molar-refractivity contribution in [2.45, 2.75) is 83.8 Å². The van der Waals surface area contributed by atoms with Crippen LogP contribution in [0.4, 0.5) is 0 Å². The number of fused-ring (bicyclic) bond motifs is 2. The molecule has 3 saturated carbocycles. The zero-order valence-corrected chi connectivity index (χ0v) is 22.5. The standard InChI is InChI=1S/C29H39N3O6/c1-4-5-12-31-27(34)24-17-6-7-18(13-17)25(24)32-26(33)21-15-22(19(16-30)14-23(21)37-3)38-20-8-10-29(2,11-9-20)28(35)36/h14-15,17-18,20,24-25H,4-13H2,1-3H3,(H,31,34)(H,32,33)(H,35,36). The normalized spacial score (nSPS) is 29.8. The average molecular weight is 526 g/mol. The molecule has 1 aromatic rings. The Morgan fingerprint density at radius 3 is 2.47 bits per heavy atom. The van der Waals surface area contributed by atoms with Crippen molar-refractivity contribution in [3.8, 4) is 17.6 Å². The van der Waals surface area contributed by atoms with Crippen molar-refractivity contribution < 1.29 is 29.0 Å². The topological polar surface area (TPSA) is 138 Å². The molecule has 0 spiro atoms. The summed E-state index contributed by atoms with van der Waals surface area (Å²) >= 11 is 0. The highest BCUT2D eigenvalue weighted by atomic mass is 16.5. The number of aliphatic carboxylic acids is 1. The first-order valence-corrected chi connectivity index (χ1v) is 13.8. The van der Waals surface area contributed by atoms with Gasteiger partial charge in [0.25, 0.3) is 5.91 Å². The number of carbonyl (C=O) groups excluding carboxylic acids is 2. The highest BCUT2D eigenvalue weighted by Gasteiger charge is 2.51. The first-order valence-electron chi connectivity index (χ1n) is 13.8. The van der Waals surface area contributed by atoms with Crippen molar-refractivity contribution in [2.75, 3.05) is 13.7 Å². The number of hydrogen-bond donors (Lipinski definition) is 3. The van der Waals surface area contributed by atoms with E-state index >= 15 is 0 Å². The third-order valence-electron chi connectivity index (χ3n) is 8.86. The van der Waals surface area contributed by atoms with Gasteiger partial charge in [-0.05, 0) is 76.2 Å². The third-order valence-corrected chi connectivity index (χ3v) is 8.86. The SMILES string of the molecule is CCCCNC(=O)C1C2CCC(C2)C1NC(=O)c1cc(OC2CCC(C)(C(=O)O)CC2)c(C#N)cc1OC. The molecule has 4 atom stereocenters. The average Bonchev–Trinajstić information content (AvgIpc) is 3.52. The maximum Gasteiger partial charge on any atom is 0.309 e. The van der Waals surface area contributed by atoms with Gasteiger partial charge in [0.05, 0.1) is 35.7 Å². The lowest BCUT2D eigenvalue weighted by Crippen LogP contribution is -2.50. The lowest BCUT2D eigenvalue weighted by Gasteiger charge is -2.34. The molecule has 0 aromatic heterocycles. The van der Waals surface area contributed by atoms with E-state index in [0.29, 0.717) is 32.2 Å². The van der Waals surface area contributed by atoms with Crippen LogP contribution in [-0.4, -0.2) is 48.7 Å². The summed E-state index contributed by atoms with van der Waals surface area (Å²) in [6.07, 6.45) is 6.64. The van der Waals surface area contributed by atoms with E-state index < -0.39 is 11.4 Å². The Morgan fingerprint density at radius 1 is 1.13 bits per heavy atom. The van der Waals surface area contributed by atoms with E-state index in [1.807, 2.05) is 0 Å². The molecule has 0 aliphatic heterocycles. The largest absolute Gasteiger partial charge is 0.496 e. The number of amides is 2. The van der Waals surface area contributed by atoms with E-state index in [0.717, 1.165) is 32.1 Å². The highest BCUT2D eigenvalue weighted by molar-refractivity contribution is 5.98. The van der Waals surface area contributed by atoms with Crippen LogP contribution in [0.1, 0.15) is 87.6 Å². The van der Waals surface area contributed by atoms with Gasteiger partial charge < -0.3 is 25.2 Å². The van der Waals surface area contributed by atoms with Gasteiger partial charge >= 0.3 is 5.97 Å². The van der Waals surface area contributed by atoms with Gasteiger partial charge in [0, 0.05) is 18.7 Å². The third kappa shape index (κ3) is 5.59. The number of benzene rings is 1. The molecule has 3 N–H and O–H groups in total. The van der Waals surface area contributed by atoms with E-state index in [4.69, 9.17) is 9.47 Å². The van der Waals surface area contributed by atoms with Crippen molar-refractivity contribution >= 4 is 17.8 Å². The molecule has 2 bridgehead atoms. The summed E-state index contributed by atoms with van der Waals surface area (Å²) in [5.74, 6) is -0.326. The predicted molar refractivity (Wildman–Crippen MR) is 140 cm³/mol. The molecule has 9 nitrogen and oxygen atoms in total. The second-order valence-corrected chi connectivity index (χ2v) is 11.3. The molecule has 0 heterocycles. The number of carboxylic acid groups (broad SMARTS) is 1. The maximum absolute atomic E-state index is 13.6. The summed E-state index contributed by atoms with van der Waals surface area (Å²) in [5, 5.41) is 25.4. The van der Waals surface area contributed by atoms with Crippen molar-refractivity contribution in [2.24, 2.45) is 23.2 Å². The minimum Gasteiger partial charge on any atom is -0.496 e. The minimum atomic E-state index is -0.810. The van der Waals surface area contributed by atoms with Crippen LogP contribution in [0.3, 0.4) is 0 Å². The summed E-state index contributed by atoms with van der Waals surface area (Å²) in [6, 6.07) is 4.91. The van der Waals surface area contributed by atoms with Gasteiger partial charge in [0.2, 0.25) is 5.91 Å². The van der Waals surface area contributed by atoms with Crippen molar-refractivity contribution in [3.63, 3.8) is 0 Å². The molecule has 4 rings (SSSR count). The summed E-state index contributed by atoms with van der Waals surface area (Å²) < 4.78 is 11.6. The van der Waals surface area contributed by atoms with Crippen LogP contribution in [0.15, 0.2) is 12.1 Å². The van der Waals surface area contributed by atoms with E-state index in [-0.39, 0.29) is 64.3 Å². The van der Waals surface area contributed by atoms with E-state index in [9.17, 15) is 24.8 Å². The Morgan fingerprint density at radius 2 is 1.84 bits per heavy atom. The Hall–Kier alpha value is -3.28. The molecule has 2 amide bonds. The van der Waals surface area contributed by atoms with Gasteiger partial charge in [-0.1, -0.05) is 13.3 Å². The smallest absolute Gasteiger partial charge is 0.309 e. The molecule has 3 fully saturated rings. The number of hydrogen-bond acceptors (Lipinski definition) is 6. The van der Waals surface area contributed by atoms with Gasteiger partial charge in [0.1, 0.15) is 17.6 Å². The number of methoxy groups -OCH3 is 1. The fourth-order valence-corrected chi connectivity index (χ4v) is 6.44. The molecule has 3 aliphatic carbocycles. The molecule has 38 heavy (non-hydrogen) atoms. The predicted octanol–water partition coefficient (Wildman–Crippen LogP) is 4.04. The number of ether oxygens (including phenoxy) is 2. The van der Waals surface area contributed by atoms with Crippen molar-refractivity contribution in [1.82, 2.24) is 10.6 Å². The summed E-state index contributed by atoms with van der Waals surface area (Å²) in [7, 11) is 1.45. The van der Waals surface area contributed by atoms with E-state index in [2.05, 4.69) is 23.6 Å². The van der Waals surface area contributed by atoms with E-state index in [1.54, 1.807) is 13.0 Å². The fourth-order valence-electron chi connectivity index (χ4n) is 6.44. The lowest BCUT2D eigenvalue weighted by atomic mass is 9.75. The van der Waals surface area contributed by atoms with Gasteiger partial charge in [-0.25, -0.2) is 0 Å². The van der Waals surface area contributed by atoms with Crippen molar-refractivity contribution in [1.29, 1.82) is 5.26 Å². The first kappa shape index (κ1) is 27.7. The summed E-state index contributed by atoms with van der Waals surface area (Å²) in [4.78, 5) is 38.2. The van der Waals surface area contributed by atoms with Crippen LogP contribution >= 0.6 is 0 Å². The van der Waals surface area contributed by atoms with E-state index in [1.165, 1.54) is 13.2 Å². The molecule has 0 saturated heterocycles. The fraction of sp³-hybridized carbons (Fsp3) is 0.655. The number of nitrogens with zero attached hydrogens (tertiary/aromatic N) is 1. The molecule has 206 valence electrons. The summed E-state index contributed by atoms with van der Waals surface area (Å²) in [6.45, 7) is 4.47. The Labute approximate surface area is 224 Å². The number of carboxylic acids is 1. The van der Waals surface area contributed by atoms with Crippen LogP contribution in [0, 0.1) is 34.5 Å². The Balaban J connectivity index is 1.51. The molecular formula is C29H39N3O6. The van der Waals surface area contributed by atoms with Crippen LogP contribution in [-0.2, 0) is 9.59 Å². The van der Waals surface area contributed by atoms with Gasteiger partial charge in [-0.15, -0.1) is 0 Å². The van der Waals surface area contributed by atoms with Crippen molar-refractivity contribution in [3.05, 3.63) is 23.3 Å². The molecule has 4 unspecified atom stereocenters. The first-order chi connectivity index (χ1) is 18.2. The highest BCUT2D eigenvalue weighted by Crippen LogP contribution is 2.49. The van der Waals surface area contributed by atoms with Gasteiger partial charge in [-0.3, -0.25) is 14.4 Å². The van der Waals surface area contributed by atoms with Crippen LogP contribution in [0.25, 0.3) is 0 Å². The van der Waals surface area contributed by atoms with Gasteiger partial charge in [-0.2, -0.15) is 5.26 Å². The number of nitrogens with one attached hydrogen (secondary N) is 2. The number of nitriles is 1. The Bertz CT molecular complexity index is 1100. The summed E-state index contributed by atoms with van der Waals surface area (Å²) in [5.41, 5.74) is -0.276. The van der Waals surface area contributed by atoms with Crippen LogP contribution < -0.4 is 20.1 Å². The number of carbonyl (C=O) groups is 3. The molecule has 9 heteroatoms. The maximum atomic E-state index is 13.6. The van der Waals surface area contributed by atoms with Crippen LogP contribution in [0.2, 0.25) is 0 Å². The van der Waals surface area contributed by atoms with Gasteiger partial charge in [0.15, 0.2) is 0 Å². The zero-order valence-electron chi connectivity index (χ0n) is 22.5. The molecule has 0 radical (unpaired) electrons. The Kier molecular flexibility index (Phi) is 8.49. The minimum absolute atomic E-state index is 0.0115. The molecular weight excluding hydrogens is 486 g/mol. The zero-order chi connectivity index (χ0) is 27.4. The van der Waals surface area contributed by atoms with Crippen LogP contribution in [0.5, 0.6) is 11.5 Å².